The van der Waals surface area contributed by atoms with E-state index in [-0.39, 0.29) is 29.8 Å². The number of Topliss-reactive ketones (excluding diaryl/α,β-unsaturated/α-hetero) is 1. The lowest BCUT2D eigenvalue weighted by atomic mass is 9.86. The minimum atomic E-state index is -3.32. The van der Waals surface area contributed by atoms with Crippen molar-refractivity contribution >= 4 is 33.4 Å². The third kappa shape index (κ3) is 5.35. The molecule has 1 aromatic heterocycles. The molecule has 2 amide bonds. The van der Waals surface area contributed by atoms with Gasteiger partial charge in [-0.05, 0) is 48.0 Å². The molecular formula is C25H23N3O4S. The summed E-state index contributed by atoms with van der Waals surface area (Å²) in [5.41, 5.74) is 2.45. The molecule has 0 saturated carbocycles. The summed E-state index contributed by atoms with van der Waals surface area (Å²) in [5, 5.41) is 2.80. The van der Waals surface area contributed by atoms with Gasteiger partial charge in [0.05, 0.1) is 23.1 Å². The highest BCUT2D eigenvalue weighted by atomic mass is 32.2. The lowest BCUT2D eigenvalue weighted by Gasteiger charge is -2.33. The molecule has 2 heterocycles. The molecule has 168 valence electrons. The Balaban J connectivity index is 1.60. The molecule has 8 heteroatoms. The van der Waals surface area contributed by atoms with Crippen LogP contribution in [0.5, 0.6) is 0 Å². The average molecular weight is 462 g/mol. The van der Waals surface area contributed by atoms with E-state index in [1.54, 1.807) is 41.4 Å². The fourth-order valence-electron chi connectivity index (χ4n) is 3.72. The zero-order valence-corrected chi connectivity index (χ0v) is 18.8. The van der Waals surface area contributed by atoms with E-state index in [1.165, 1.54) is 12.1 Å². The van der Waals surface area contributed by atoms with Gasteiger partial charge in [0, 0.05) is 30.3 Å². The van der Waals surface area contributed by atoms with E-state index in [9.17, 15) is 18.0 Å². The molecule has 0 radical (unpaired) electrons. The number of piperidine rings is 1. The minimum Gasteiger partial charge on any atom is -0.319 e. The first-order chi connectivity index (χ1) is 15.8. The monoisotopic (exact) mass is 461 g/mol. The number of hydrogen-bond acceptors (Lipinski definition) is 5. The number of benzene rings is 2. The molecule has 3 aromatic rings. The number of nitrogens with one attached hydrogen (secondary N) is 1. The Morgan fingerprint density at radius 3 is 2.36 bits per heavy atom. The van der Waals surface area contributed by atoms with Crippen LogP contribution < -0.4 is 5.32 Å². The van der Waals surface area contributed by atoms with Gasteiger partial charge in [0.25, 0.3) is 0 Å². The van der Waals surface area contributed by atoms with Gasteiger partial charge in [0.2, 0.25) is 0 Å². The molecule has 7 nitrogen and oxygen atoms in total. The second-order valence-electron chi connectivity index (χ2n) is 7.86. The summed E-state index contributed by atoms with van der Waals surface area (Å²) in [6.45, 7) is 0.377. The second-order valence-corrected chi connectivity index (χ2v) is 9.87. The van der Waals surface area contributed by atoms with Crippen molar-refractivity contribution < 1.29 is 18.0 Å². The fraction of sp³-hybridized carbons (Fsp3) is 0.160. The highest BCUT2D eigenvalue weighted by molar-refractivity contribution is 7.90. The Labute approximate surface area is 192 Å². The maximum atomic E-state index is 13.3. The number of sulfone groups is 1. The molecule has 1 N–H and O–H groups in total. The quantitative estimate of drug-likeness (QED) is 0.597. The molecule has 1 saturated heterocycles. The van der Waals surface area contributed by atoms with Crippen LogP contribution in [0.15, 0.2) is 89.5 Å². The number of hydrogen-bond donors (Lipinski definition) is 1. The Morgan fingerprint density at radius 2 is 1.73 bits per heavy atom. The molecule has 1 atom stereocenters. The SMILES string of the molecule is CS(=O)(=O)c1ccc(NC(=O)N2CC(=Cc3ccccn3)C(=O)C(c3ccccc3)C2)cc1. The predicted octanol–water partition coefficient (Wildman–Crippen LogP) is 3.77. The number of ketones is 1. The van der Waals surface area contributed by atoms with E-state index in [2.05, 4.69) is 10.3 Å². The van der Waals surface area contributed by atoms with Crippen molar-refractivity contribution in [2.24, 2.45) is 0 Å². The summed E-state index contributed by atoms with van der Waals surface area (Å²) in [5.74, 6) is -0.526. The van der Waals surface area contributed by atoms with E-state index >= 15 is 0 Å². The third-order valence-electron chi connectivity index (χ3n) is 5.43. The Kier molecular flexibility index (Phi) is 6.37. The first kappa shape index (κ1) is 22.4. The normalized spacial score (nSPS) is 17.7. The molecule has 1 fully saturated rings. The van der Waals surface area contributed by atoms with Crippen LogP contribution in [0.1, 0.15) is 17.2 Å². The maximum Gasteiger partial charge on any atom is 0.322 e. The number of aromatic nitrogens is 1. The number of rotatable bonds is 4. The number of likely N-dealkylation sites (tertiary alicyclic amines) is 1. The van der Waals surface area contributed by atoms with Crippen LogP contribution in [-0.2, 0) is 14.6 Å². The molecule has 1 aliphatic heterocycles. The number of carbonyl (C=O) groups excluding carboxylic acids is 2. The largest absolute Gasteiger partial charge is 0.322 e. The fourth-order valence-corrected chi connectivity index (χ4v) is 4.35. The Hall–Kier alpha value is -3.78. The molecule has 0 aliphatic carbocycles. The van der Waals surface area contributed by atoms with Crippen LogP contribution in [0.2, 0.25) is 0 Å². The highest BCUT2D eigenvalue weighted by Gasteiger charge is 2.34. The van der Waals surface area contributed by atoms with Gasteiger partial charge in [0.1, 0.15) is 0 Å². The van der Waals surface area contributed by atoms with Crippen molar-refractivity contribution in [1.29, 1.82) is 0 Å². The Bertz CT molecular complexity index is 1290. The van der Waals surface area contributed by atoms with Gasteiger partial charge in [-0.1, -0.05) is 36.4 Å². The number of anilines is 1. The Morgan fingerprint density at radius 1 is 1.03 bits per heavy atom. The smallest absolute Gasteiger partial charge is 0.319 e. The molecule has 0 bridgehead atoms. The number of nitrogens with zero attached hydrogens (tertiary/aromatic N) is 2. The first-order valence-electron chi connectivity index (χ1n) is 10.4. The minimum absolute atomic E-state index is 0.0339. The third-order valence-corrected chi connectivity index (χ3v) is 6.56. The van der Waals surface area contributed by atoms with Crippen molar-refractivity contribution in [2.75, 3.05) is 24.7 Å². The maximum absolute atomic E-state index is 13.3. The molecule has 0 spiro atoms. The molecule has 2 aromatic carbocycles. The van der Waals surface area contributed by atoms with Gasteiger partial charge in [-0.25, -0.2) is 13.2 Å². The molecular weight excluding hydrogens is 438 g/mol. The standard InChI is InChI=1S/C25H23N3O4S/c1-33(31,32)22-12-10-20(11-13-22)27-25(30)28-16-19(15-21-9-5-6-14-26-21)24(29)23(17-28)18-7-3-2-4-8-18/h2-15,23H,16-17H2,1H3,(H,27,30). The number of carbonyl (C=O) groups is 2. The van der Waals surface area contributed by atoms with Crippen LogP contribution in [0, 0.1) is 0 Å². The topological polar surface area (TPSA) is 96.4 Å². The summed E-state index contributed by atoms with van der Waals surface area (Å²) >= 11 is 0. The van der Waals surface area contributed by atoms with Crippen LogP contribution in [-0.4, -0.2) is 49.5 Å². The summed E-state index contributed by atoms with van der Waals surface area (Å²) in [4.78, 5) is 32.4. The van der Waals surface area contributed by atoms with E-state index < -0.39 is 15.8 Å². The van der Waals surface area contributed by atoms with Gasteiger partial charge < -0.3 is 10.2 Å². The van der Waals surface area contributed by atoms with E-state index in [0.29, 0.717) is 17.0 Å². The van der Waals surface area contributed by atoms with Gasteiger partial charge in [-0.3, -0.25) is 9.78 Å². The van der Waals surface area contributed by atoms with E-state index in [1.807, 2.05) is 36.4 Å². The summed E-state index contributed by atoms with van der Waals surface area (Å²) < 4.78 is 23.3. The highest BCUT2D eigenvalue weighted by Crippen LogP contribution is 2.28. The van der Waals surface area contributed by atoms with Gasteiger partial charge in [-0.15, -0.1) is 0 Å². The van der Waals surface area contributed by atoms with Crippen molar-refractivity contribution in [3.05, 3.63) is 95.8 Å². The van der Waals surface area contributed by atoms with Crippen LogP contribution >= 0.6 is 0 Å². The van der Waals surface area contributed by atoms with Crippen LogP contribution in [0.3, 0.4) is 0 Å². The van der Waals surface area contributed by atoms with Crippen LogP contribution in [0.4, 0.5) is 10.5 Å². The lowest BCUT2D eigenvalue weighted by molar-refractivity contribution is -0.118. The average Bonchev–Trinajstić information content (AvgIpc) is 2.81. The van der Waals surface area contributed by atoms with Gasteiger partial charge in [0.15, 0.2) is 15.6 Å². The molecule has 4 rings (SSSR count). The second kappa shape index (κ2) is 9.38. The number of pyridine rings is 1. The van der Waals surface area contributed by atoms with E-state index in [4.69, 9.17) is 0 Å². The zero-order valence-electron chi connectivity index (χ0n) is 18.0. The molecule has 1 aliphatic rings. The molecule has 33 heavy (non-hydrogen) atoms. The zero-order chi connectivity index (χ0) is 23.4. The summed E-state index contributed by atoms with van der Waals surface area (Å²) in [7, 11) is -3.32. The van der Waals surface area contributed by atoms with Crippen molar-refractivity contribution in [2.45, 2.75) is 10.8 Å². The molecule has 1 unspecified atom stereocenters. The van der Waals surface area contributed by atoms with Crippen molar-refractivity contribution in [3.8, 4) is 0 Å². The lowest BCUT2D eigenvalue weighted by Crippen LogP contribution is -2.46. The van der Waals surface area contributed by atoms with Crippen LogP contribution in [0.25, 0.3) is 6.08 Å². The number of amides is 2. The summed E-state index contributed by atoms with van der Waals surface area (Å²) in [6, 6.07) is 20.4. The van der Waals surface area contributed by atoms with Crippen molar-refractivity contribution in [3.63, 3.8) is 0 Å². The summed E-state index contributed by atoms with van der Waals surface area (Å²) in [6.07, 6.45) is 4.50. The predicted molar refractivity (Wildman–Crippen MR) is 127 cm³/mol. The first-order valence-corrected chi connectivity index (χ1v) is 12.3. The van der Waals surface area contributed by atoms with Gasteiger partial charge >= 0.3 is 6.03 Å². The van der Waals surface area contributed by atoms with Gasteiger partial charge in [-0.2, -0.15) is 0 Å². The van der Waals surface area contributed by atoms with Crippen molar-refractivity contribution in [1.82, 2.24) is 9.88 Å². The van der Waals surface area contributed by atoms with E-state index in [0.717, 1.165) is 11.8 Å². The number of urea groups is 1.